The van der Waals surface area contributed by atoms with Gasteiger partial charge < -0.3 is 14.4 Å². The molecule has 0 radical (unpaired) electrons. The molecule has 5 heteroatoms. The Morgan fingerprint density at radius 2 is 1.80 bits per heavy atom. The van der Waals surface area contributed by atoms with Crippen molar-refractivity contribution < 1.29 is 19.1 Å². The maximum Gasteiger partial charge on any atom is 0.325 e. The fourth-order valence-electron chi connectivity index (χ4n) is 1.75. The summed E-state index contributed by atoms with van der Waals surface area (Å²) in [4.78, 5) is 24.8. The molecular formula is C15H21NO4. The van der Waals surface area contributed by atoms with Crippen LogP contribution in [0.5, 0.6) is 5.75 Å². The van der Waals surface area contributed by atoms with Gasteiger partial charge in [-0.2, -0.15) is 0 Å². The van der Waals surface area contributed by atoms with Crippen LogP contribution in [0.3, 0.4) is 0 Å². The number of carbonyl (C=O) groups is 2. The third-order valence-electron chi connectivity index (χ3n) is 2.87. The molecule has 0 saturated heterocycles. The molecule has 0 N–H and O–H groups in total. The summed E-state index contributed by atoms with van der Waals surface area (Å²) in [5.41, 5.74) is 0.891. The Balaban J connectivity index is 2.61. The predicted molar refractivity (Wildman–Crippen MR) is 75.6 cm³/mol. The Morgan fingerprint density at radius 3 is 2.30 bits per heavy atom. The highest BCUT2D eigenvalue weighted by Gasteiger charge is 2.16. The number of amides is 1. The maximum absolute atomic E-state index is 12.1. The fraction of sp³-hybridized carbons (Fsp3) is 0.467. The number of likely N-dealkylation sites (N-methyl/N-ethyl adjacent to an activating group) is 1. The molecule has 0 aliphatic heterocycles. The first-order valence-corrected chi connectivity index (χ1v) is 6.67. The van der Waals surface area contributed by atoms with E-state index in [1.165, 1.54) is 12.0 Å². The van der Waals surface area contributed by atoms with Gasteiger partial charge in [0.15, 0.2) is 0 Å². The molecule has 20 heavy (non-hydrogen) atoms. The van der Waals surface area contributed by atoms with E-state index >= 15 is 0 Å². The minimum absolute atomic E-state index is 0.0110. The molecule has 0 spiro atoms. The van der Waals surface area contributed by atoms with Crippen molar-refractivity contribution in [2.75, 3.05) is 26.8 Å². The van der Waals surface area contributed by atoms with Crippen LogP contribution in [0.4, 0.5) is 0 Å². The van der Waals surface area contributed by atoms with Gasteiger partial charge in [-0.05, 0) is 31.5 Å². The van der Waals surface area contributed by atoms with E-state index in [0.717, 1.165) is 11.3 Å². The third-order valence-corrected chi connectivity index (χ3v) is 2.87. The van der Waals surface area contributed by atoms with E-state index in [1.54, 1.807) is 0 Å². The van der Waals surface area contributed by atoms with E-state index in [4.69, 9.17) is 4.74 Å². The first-order chi connectivity index (χ1) is 9.60. The van der Waals surface area contributed by atoms with Crippen molar-refractivity contribution in [3.8, 4) is 5.75 Å². The van der Waals surface area contributed by atoms with Gasteiger partial charge in [0.2, 0.25) is 5.91 Å². The first kappa shape index (κ1) is 16.0. The van der Waals surface area contributed by atoms with Crippen molar-refractivity contribution in [2.24, 2.45) is 0 Å². The lowest BCUT2D eigenvalue weighted by Crippen LogP contribution is -2.36. The molecule has 0 aliphatic rings. The zero-order valence-electron chi connectivity index (χ0n) is 12.2. The molecule has 0 fully saturated rings. The number of ether oxygens (including phenoxy) is 2. The summed E-state index contributed by atoms with van der Waals surface area (Å²) in [6.07, 6.45) is 0.261. The van der Waals surface area contributed by atoms with Crippen LogP contribution in [0.15, 0.2) is 24.3 Å². The standard InChI is InChI=1S/C15H21NO4/c1-4-16(11-15(18)19-3)14(17)10-12-6-8-13(9-7-12)20-5-2/h6-9H,4-5,10-11H2,1-3H3. The van der Waals surface area contributed by atoms with Crippen LogP contribution in [0.1, 0.15) is 19.4 Å². The average molecular weight is 279 g/mol. The Morgan fingerprint density at radius 1 is 1.15 bits per heavy atom. The van der Waals surface area contributed by atoms with Crippen LogP contribution in [0.25, 0.3) is 0 Å². The van der Waals surface area contributed by atoms with Crippen molar-refractivity contribution >= 4 is 11.9 Å². The van der Waals surface area contributed by atoms with E-state index in [-0.39, 0.29) is 18.9 Å². The number of hydrogen-bond acceptors (Lipinski definition) is 4. The summed E-state index contributed by atoms with van der Waals surface area (Å²) in [6, 6.07) is 7.38. The molecule has 0 atom stereocenters. The summed E-state index contributed by atoms with van der Waals surface area (Å²) in [5, 5.41) is 0. The van der Waals surface area contributed by atoms with Gasteiger partial charge in [-0.3, -0.25) is 9.59 Å². The van der Waals surface area contributed by atoms with Gasteiger partial charge in [0.25, 0.3) is 0 Å². The van der Waals surface area contributed by atoms with Gasteiger partial charge in [-0.25, -0.2) is 0 Å². The summed E-state index contributed by atoms with van der Waals surface area (Å²) >= 11 is 0. The normalized spacial score (nSPS) is 9.95. The highest BCUT2D eigenvalue weighted by Crippen LogP contribution is 2.13. The Kier molecular flexibility index (Phi) is 6.56. The molecule has 0 aromatic heterocycles. The number of carbonyl (C=O) groups excluding carboxylic acids is 2. The quantitative estimate of drug-likeness (QED) is 0.712. The van der Waals surface area contributed by atoms with Crippen molar-refractivity contribution in [2.45, 2.75) is 20.3 Å². The lowest BCUT2D eigenvalue weighted by atomic mass is 10.1. The van der Waals surface area contributed by atoms with Crippen LogP contribution in [-0.4, -0.2) is 43.6 Å². The van der Waals surface area contributed by atoms with Crippen molar-refractivity contribution in [3.63, 3.8) is 0 Å². The van der Waals surface area contributed by atoms with Crippen LogP contribution < -0.4 is 4.74 Å². The van der Waals surface area contributed by atoms with Gasteiger partial charge in [-0.1, -0.05) is 12.1 Å². The lowest BCUT2D eigenvalue weighted by Gasteiger charge is -2.19. The van der Waals surface area contributed by atoms with E-state index in [1.807, 2.05) is 38.1 Å². The van der Waals surface area contributed by atoms with Gasteiger partial charge in [0.1, 0.15) is 12.3 Å². The number of esters is 1. The van der Waals surface area contributed by atoms with Gasteiger partial charge >= 0.3 is 5.97 Å². The summed E-state index contributed by atoms with van der Waals surface area (Å²) in [5.74, 6) is 0.277. The van der Waals surface area contributed by atoms with E-state index < -0.39 is 5.97 Å². The van der Waals surface area contributed by atoms with E-state index in [9.17, 15) is 9.59 Å². The topological polar surface area (TPSA) is 55.8 Å². The van der Waals surface area contributed by atoms with E-state index in [0.29, 0.717) is 13.2 Å². The number of methoxy groups -OCH3 is 1. The van der Waals surface area contributed by atoms with Crippen LogP contribution in [-0.2, 0) is 20.7 Å². The number of nitrogens with zero attached hydrogens (tertiary/aromatic N) is 1. The third kappa shape index (κ3) is 4.91. The molecule has 0 aliphatic carbocycles. The molecular weight excluding hydrogens is 258 g/mol. The second kappa shape index (κ2) is 8.19. The van der Waals surface area contributed by atoms with Gasteiger partial charge in [0, 0.05) is 6.54 Å². The van der Waals surface area contributed by atoms with Crippen LogP contribution in [0.2, 0.25) is 0 Å². The van der Waals surface area contributed by atoms with Crippen molar-refractivity contribution in [3.05, 3.63) is 29.8 Å². The molecule has 0 heterocycles. The average Bonchev–Trinajstić information content (AvgIpc) is 2.46. The highest BCUT2D eigenvalue weighted by molar-refractivity contribution is 5.83. The monoisotopic (exact) mass is 279 g/mol. The highest BCUT2D eigenvalue weighted by atomic mass is 16.5. The minimum atomic E-state index is -0.410. The Hall–Kier alpha value is -2.04. The molecule has 1 aromatic rings. The predicted octanol–water partition coefficient (Wildman–Crippen LogP) is 1.65. The van der Waals surface area contributed by atoms with Gasteiger partial charge in [-0.15, -0.1) is 0 Å². The lowest BCUT2D eigenvalue weighted by molar-refractivity contribution is -0.146. The van der Waals surface area contributed by atoms with Crippen LogP contribution in [0, 0.1) is 0 Å². The number of benzene rings is 1. The Bertz CT molecular complexity index is 442. The molecule has 110 valence electrons. The van der Waals surface area contributed by atoms with E-state index in [2.05, 4.69) is 4.74 Å². The molecule has 5 nitrogen and oxygen atoms in total. The molecule has 0 bridgehead atoms. The summed E-state index contributed by atoms with van der Waals surface area (Å²) in [6.45, 7) is 4.83. The smallest absolute Gasteiger partial charge is 0.325 e. The van der Waals surface area contributed by atoms with Crippen LogP contribution >= 0.6 is 0 Å². The molecule has 1 amide bonds. The summed E-state index contributed by atoms with van der Waals surface area (Å²) < 4.78 is 9.92. The zero-order chi connectivity index (χ0) is 15.0. The van der Waals surface area contributed by atoms with Gasteiger partial charge in [0.05, 0.1) is 20.1 Å². The number of rotatable bonds is 7. The number of hydrogen-bond donors (Lipinski definition) is 0. The largest absolute Gasteiger partial charge is 0.494 e. The minimum Gasteiger partial charge on any atom is -0.494 e. The zero-order valence-corrected chi connectivity index (χ0v) is 12.2. The SMILES string of the molecule is CCOc1ccc(CC(=O)N(CC)CC(=O)OC)cc1. The van der Waals surface area contributed by atoms with Crippen molar-refractivity contribution in [1.29, 1.82) is 0 Å². The molecule has 1 aromatic carbocycles. The van der Waals surface area contributed by atoms with Crippen molar-refractivity contribution in [1.82, 2.24) is 4.90 Å². The second-order valence-electron chi connectivity index (χ2n) is 4.24. The molecule has 0 unspecified atom stereocenters. The summed E-state index contributed by atoms with van der Waals surface area (Å²) in [7, 11) is 1.31. The first-order valence-electron chi connectivity index (χ1n) is 6.67. The molecule has 0 saturated carbocycles. The maximum atomic E-state index is 12.1. The Labute approximate surface area is 119 Å². The second-order valence-corrected chi connectivity index (χ2v) is 4.24. The fourth-order valence-corrected chi connectivity index (χ4v) is 1.75. The molecule has 1 rings (SSSR count).